The van der Waals surface area contributed by atoms with Gasteiger partial charge in [0.15, 0.2) is 0 Å². The van der Waals surface area contributed by atoms with Crippen molar-refractivity contribution in [1.29, 1.82) is 0 Å². The van der Waals surface area contributed by atoms with Gasteiger partial charge in [0.1, 0.15) is 6.54 Å². The van der Waals surface area contributed by atoms with Crippen molar-refractivity contribution < 1.29 is 14.7 Å². The van der Waals surface area contributed by atoms with Crippen molar-refractivity contribution in [1.82, 2.24) is 9.80 Å². The van der Waals surface area contributed by atoms with Crippen molar-refractivity contribution in [3.05, 3.63) is 0 Å². The fourth-order valence-electron chi connectivity index (χ4n) is 3.20. The fraction of sp³-hybridized carbons (Fsp3) is 0.867. The molecule has 0 bridgehead atoms. The standard InChI is InChI=1S/C15H26N2O3/c1-3-15(4-2)7-9-16(10-8-15)14(20)17(11-13(18)19)12-5-6-12/h12H,3-11H2,1-2H3,(H,18,19). The van der Waals surface area contributed by atoms with Gasteiger partial charge in [-0.1, -0.05) is 26.7 Å². The number of piperidine rings is 1. The van der Waals surface area contributed by atoms with E-state index in [4.69, 9.17) is 5.11 Å². The monoisotopic (exact) mass is 282 g/mol. The molecule has 114 valence electrons. The Balaban J connectivity index is 1.94. The minimum atomic E-state index is -0.918. The Kier molecular flexibility index (Phi) is 4.55. The van der Waals surface area contributed by atoms with Crippen molar-refractivity contribution in [2.24, 2.45) is 5.41 Å². The zero-order chi connectivity index (χ0) is 14.8. The van der Waals surface area contributed by atoms with Crippen molar-refractivity contribution in [2.45, 2.75) is 58.4 Å². The zero-order valence-electron chi connectivity index (χ0n) is 12.6. The van der Waals surface area contributed by atoms with Crippen molar-refractivity contribution in [3.63, 3.8) is 0 Å². The predicted octanol–water partition coefficient (Wildman–Crippen LogP) is 2.56. The van der Waals surface area contributed by atoms with Crippen LogP contribution in [0.3, 0.4) is 0 Å². The Morgan fingerprint density at radius 3 is 2.15 bits per heavy atom. The number of rotatable bonds is 5. The van der Waals surface area contributed by atoms with E-state index < -0.39 is 5.97 Å². The maximum atomic E-state index is 12.5. The third kappa shape index (κ3) is 3.25. The molecule has 1 saturated heterocycles. The SMILES string of the molecule is CCC1(CC)CCN(C(=O)N(CC(=O)O)C2CC2)CC1. The van der Waals surface area contributed by atoms with Gasteiger partial charge in [0.05, 0.1) is 0 Å². The number of amides is 2. The van der Waals surface area contributed by atoms with Gasteiger partial charge in [0, 0.05) is 19.1 Å². The smallest absolute Gasteiger partial charge is 0.323 e. The second-order valence-corrected chi connectivity index (χ2v) is 6.23. The first kappa shape index (κ1) is 15.1. The summed E-state index contributed by atoms with van der Waals surface area (Å²) >= 11 is 0. The number of urea groups is 1. The van der Waals surface area contributed by atoms with E-state index in [1.807, 2.05) is 4.90 Å². The maximum Gasteiger partial charge on any atom is 0.323 e. The highest BCUT2D eigenvalue weighted by molar-refractivity contribution is 5.80. The normalized spacial score (nSPS) is 21.6. The number of hydrogen-bond donors (Lipinski definition) is 1. The van der Waals surface area contributed by atoms with Crippen LogP contribution in [0.2, 0.25) is 0 Å². The van der Waals surface area contributed by atoms with Crippen molar-refractivity contribution in [3.8, 4) is 0 Å². The summed E-state index contributed by atoms with van der Waals surface area (Å²) < 4.78 is 0. The minimum absolute atomic E-state index is 0.0734. The molecular formula is C15H26N2O3. The highest BCUT2D eigenvalue weighted by Gasteiger charge is 2.39. The molecule has 2 amide bonds. The number of nitrogens with zero attached hydrogens (tertiary/aromatic N) is 2. The quantitative estimate of drug-likeness (QED) is 0.843. The van der Waals surface area contributed by atoms with E-state index in [0.717, 1.165) is 51.6 Å². The molecule has 0 aromatic heterocycles. The molecule has 2 fully saturated rings. The lowest BCUT2D eigenvalue weighted by molar-refractivity contribution is -0.137. The van der Waals surface area contributed by atoms with Crippen LogP contribution in [0.25, 0.3) is 0 Å². The van der Waals surface area contributed by atoms with Gasteiger partial charge in [-0.2, -0.15) is 0 Å². The Morgan fingerprint density at radius 1 is 1.20 bits per heavy atom. The van der Waals surface area contributed by atoms with Gasteiger partial charge in [-0.05, 0) is 31.1 Å². The molecule has 0 atom stereocenters. The summed E-state index contributed by atoms with van der Waals surface area (Å²) in [7, 11) is 0. The molecule has 5 nitrogen and oxygen atoms in total. The van der Waals surface area contributed by atoms with Crippen LogP contribution in [0.5, 0.6) is 0 Å². The number of hydrogen-bond acceptors (Lipinski definition) is 2. The molecule has 0 aromatic carbocycles. The molecule has 1 saturated carbocycles. The van der Waals surface area contributed by atoms with E-state index in [-0.39, 0.29) is 18.6 Å². The van der Waals surface area contributed by atoms with Crippen LogP contribution in [-0.2, 0) is 4.79 Å². The highest BCUT2D eigenvalue weighted by Crippen LogP contribution is 2.38. The van der Waals surface area contributed by atoms with Crippen molar-refractivity contribution >= 4 is 12.0 Å². The first-order valence-corrected chi connectivity index (χ1v) is 7.78. The summed E-state index contributed by atoms with van der Waals surface area (Å²) in [5.74, 6) is -0.918. The summed E-state index contributed by atoms with van der Waals surface area (Å²) in [6.07, 6.45) is 6.29. The number of carbonyl (C=O) groups excluding carboxylic acids is 1. The van der Waals surface area contributed by atoms with Crippen LogP contribution in [0.1, 0.15) is 52.4 Å². The van der Waals surface area contributed by atoms with Crippen LogP contribution >= 0.6 is 0 Å². The molecule has 1 N–H and O–H groups in total. The average Bonchev–Trinajstić information content (AvgIpc) is 3.28. The second-order valence-electron chi connectivity index (χ2n) is 6.23. The minimum Gasteiger partial charge on any atom is -0.480 e. The van der Waals surface area contributed by atoms with Gasteiger partial charge in [-0.15, -0.1) is 0 Å². The zero-order valence-corrected chi connectivity index (χ0v) is 12.6. The summed E-state index contributed by atoms with van der Waals surface area (Å²) in [5.41, 5.74) is 0.383. The lowest BCUT2D eigenvalue weighted by Crippen LogP contribution is -2.50. The van der Waals surface area contributed by atoms with Gasteiger partial charge in [-0.3, -0.25) is 4.79 Å². The molecule has 0 unspecified atom stereocenters. The number of carboxylic acids is 1. The summed E-state index contributed by atoms with van der Waals surface area (Å²) in [4.78, 5) is 26.8. The molecule has 0 aromatic rings. The third-order valence-corrected chi connectivity index (χ3v) is 5.13. The number of carbonyl (C=O) groups is 2. The highest BCUT2D eigenvalue weighted by atomic mass is 16.4. The molecule has 0 radical (unpaired) electrons. The van der Waals surface area contributed by atoms with Crippen LogP contribution in [0, 0.1) is 5.41 Å². The van der Waals surface area contributed by atoms with Gasteiger partial charge in [-0.25, -0.2) is 4.79 Å². The van der Waals surface area contributed by atoms with E-state index >= 15 is 0 Å². The maximum absolute atomic E-state index is 12.5. The van der Waals surface area contributed by atoms with Crippen LogP contribution < -0.4 is 0 Å². The van der Waals surface area contributed by atoms with Crippen LogP contribution in [0.4, 0.5) is 4.79 Å². The molecule has 1 aliphatic heterocycles. The molecular weight excluding hydrogens is 256 g/mol. The van der Waals surface area contributed by atoms with Gasteiger partial charge >= 0.3 is 12.0 Å². The topological polar surface area (TPSA) is 60.9 Å². The van der Waals surface area contributed by atoms with E-state index in [0.29, 0.717) is 5.41 Å². The molecule has 2 aliphatic rings. The van der Waals surface area contributed by atoms with Crippen molar-refractivity contribution in [2.75, 3.05) is 19.6 Å². The van der Waals surface area contributed by atoms with E-state index in [1.165, 1.54) is 0 Å². The lowest BCUT2D eigenvalue weighted by atomic mass is 9.74. The first-order valence-electron chi connectivity index (χ1n) is 7.78. The van der Waals surface area contributed by atoms with E-state index in [9.17, 15) is 9.59 Å². The van der Waals surface area contributed by atoms with Gasteiger partial charge in [0.25, 0.3) is 0 Å². The van der Waals surface area contributed by atoms with Gasteiger partial charge < -0.3 is 14.9 Å². The first-order chi connectivity index (χ1) is 9.51. The number of aliphatic carboxylic acids is 1. The second kappa shape index (κ2) is 6.02. The van der Waals surface area contributed by atoms with Crippen LogP contribution in [-0.4, -0.2) is 52.6 Å². The Bertz CT molecular complexity index is 365. The molecule has 1 aliphatic carbocycles. The van der Waals surface area contributed by atoms with E-state index in [1.54, 1.807) is 4.90 Å². The summed E-state index contributed by atoms with van der Waals surface area (Å²) in [6, 6.07) is 0.0818. The molecule has 2 rings (SSSR count). The Labute approximate surface area is 120 Å². The Hall–Kier alpha value is -1.26. The van der Waals surface area contributed by atoms with E-state index in [2.05, 4.69) is 13.8 Å². The molecule has 1 heterocycles. The lowest BCUT2D eigenvalue weighted by Gasteiger charge is -2.42. The number of carboxylic acid groups (broad SMARTS) is 1. The predicted molar refractivity (Wildman–Crippen MR) is 76.6 cm³/mol. The largest absolute Gasteiger partial charge is 0.480 e. The fourth-order valence-corrected chi connectivity index (χ4v) is 3.20. The van der Waals surface area contributed by atoms with Crippen LogP contribution in [0.15, 0.2) is 0 Å². The summed E-state index contributed by atoms with van der Waals surface area (Å²) in [6.45, 7) is 5.82. The molecule has 5 heteroatoms. The average molecular weight is 282 g/mol. The summed E-state index contributed by atoms with van der Waals surface area (Å²) in [5, 5.41) is 8.95. The van der Waals surface area contributed by atoms with Gasteiger partial charge in [0.2, 0.25) is 0 Å². The number of likely N-dealkylation sites (tertiary alicyclic amines) is 1. The third-order valence-electron chi connectivity index (χ3n) is 5.13. The molecule has 0 spiro atoms. The molecule has 20 heavy (non-hydrogen) atoms. The Morgan fingerprint density at radius 2 is 1.75 bits per heavy atom.